The summed E-state index contributed by atoms with van der Waals surface area (Å²) in [5, 5.41) is 12.1. The van der Waals surface area contributed by atoms with Crippen LogP contribution in [0.5, 0.6) is 0 Å². The van der Waals surface area contributed by atoms with Gasteiger partial charge in [0.25, 0.3) is 0 Å². The minimum atomic E-state index is -3.53. The van der Waals surface area contributed by atoms with Gasteiger partial charge in [-0.05, 0) is 0 Å². The Balaban J connectivity index is 2.99. The van der Waals surface area contributed by atoms with Gasteiger partial charge in [0.1, 0.15) is 11.4 Å². The maximum absolute atomic E-state index is 11.6. The summed E-state index contributed by atoms with van der Waals surface area (Å²) in [6, 6.07) is 0. The first-order chi connectivity index (χ1) is 6.84. The van der Waals surface area contributed by atoms with Crippen LogP contribution in [0.3, 0.4) is 0 Å². The van der Waals surface area contributed by atoms with E-state index in [1.165, 1.54) is 20.3 Å². The molecule has 1 aromatic rings. The Kier molecular flexibility index (Phi) is 3.10. The fraction of sp³-hybridized carbons (Fsp3) is 0.429. The molecule has 0 aliphatic carbocycles. The molecule has 15 heavy (non-hydrogen) atoms. The minimum Gasteiger partial charge on any atom is -0.480 e. The number of carboxylic acid groups (broad SMARTS) is 1. The van der Waals surface area contributed by atoms with Crippen molar-refractivity contribution in [3.05, 3.63) is 12.4 Å². The number of aliphatic carboxylic acids is 1. The van der Waals surface area contributed by atoms with Crippen molar-refractivity contribution in [2.45, 2.75) is 11.4 Å². The summed E-state index contributed by atoms with van der Waals surface area (Å²) >= 11 is 0. The van der Waals surface area contributed by atoms with Gasteiger partial charge in [-0.3, -0.25) is 9.48 Å². The summed E-state index contributed by atoms with van der Waals surface area (Å²) < 4.78 is 25.2. The lowest BCUT2D eigenvalue weighted by Crippen LogP contribution is -2.21. The van der Waals surface area contributed by atoms with E-state index in [2.05, 4.69) is 5.10 Å². The highest BCUT2D eigenvalue weighted by Crippen LogP contribution is 2.10. The third-order valence-corrected chi connectivity index (χ3v) is 3.45. The van der Waals surface area contributed by atoms with Gasteiger partial charge in [0.2, 0.25) is 10.0 Å². The average Bonchev–Trinajstić information content (AvgIpc) is 2.51. The summed E-state index contributed by atoms with van der Waals surface area (Å²) in [5.74, 6) is -1.08. The summed E-state index contributed by atoms with van der Waals surface area (Å²) in [6.45, 7) is -0.358. The molecular weight excluding hydrogens is 222 g/mol. The van der Waals surface area contributed by atoms with E-state index in [1.807, 2.05) is 0 Å². The lowest BCUT2D eigenvalue weighted by molar-refractivity contribution is -0.137. The van der Waals surface area contributed by atoms with Crippen molar-refractivity contribution >= 4 is 16.0 Å². The topological polar surface area (TPSA) is 92.5 Å². The summed E-state index contributed by atoms with van der Waals surface area (Å²) in [7, 11) is -0.749. The van der Waals surface area contributed by atoms with Gasteiger partial charge in [-0.2, -0.15) is 5.10 Å². The number of carboxylic acids is 1. The van der Waals surface area contributed by atoms with Crippen LogP contribution in [0, 0.1) is 0 Å². The van der Waals surface area contributed by atoms with E-state index in [4.69, 9.17) is 5.11 Å². The molecule has 7 nitrogen and oxygen atoms in total. The highest BCUT2D eigenvalue weighted by molar-refractivity contribution is 7.89. The van der Waals surface area contributed by atoms with Gasteiger partial charge in [0.15, 0.2) is 0 Å². The van der Waals surface area contributed by atoms with Crippen LogP contribution >= 0.6 is 0 Å². The summed E-state index contributed by atoms with van der Waals surface area (Å²) in [4.78, 5) is 10.3. The number of hydrogen-bond donors (Lipinski definition) is 1. The Labute approximate surface area is 87.0 Å². The van der Waals surface area contributed by atoms with E-state index >= 15 is 0 Å². The van der Waals surface area contributed by atoms with Crippen LogP contribution < -0.4 is 0 Å². The molecule has 8 heteroatoms. The van der Waals surface area contributed by atoms with Crippen LogP contribution in [0.2, 0.25) is 0 Å². The Bertz CT molecular complexity index is 462. The van der Waals surface area contributed by atoms with Crippen LogP contribution in [0.1, 0.15) is 0 Å². The molecule has 1 aromatic heterocycles. The van der Waals surface area contributed by atoms with Gasteiger partial charge in [-0.1, -0.05) is 0 Å². The first-order valence-corrected chi connectivity index (χ1v) is 5.45. The molecule has 1 N–H and O–H groups in total. The predicted octanol–water partition coefficient (Wildman–Crippen LogP) is -0.782. The van der Waals surface area contributed by atoms with Gasteiger partial charge in [0.05, 0.1) is 6.20 Å². The van der Waals surface area contributed by atoms with Gasteiger partial charge in [0, 0.05) is 20.3 Å². The van der Waals surface area contributed by atoms with E-state index in [0.29, 0.717) is 0 Å². The van der Waals surface area contributed by atoms with Crippen molar-refractivity contribution in [1.29, 1.82) is 0 Å². The second kappa shape index (κ2) is 3.99. The van der Waals surface area contributed by atoms with Crippen LogP contribution in [0.4, 0.5) is 0 Å². The first-order valence-electron chi connectivity index (χ1n) is 4.01. The lowest BCUT2D eigenvalue weighted by atomic mass is 10.6. The quantitative estimate of drug-likeness (QED) is 0.736. The summed E-state index contributed by atoms with van der Waals surface area (Å²) in [5.41, 5.74) is 0. The van der Waals surface area contributed by atoms with Gasteiger partial charge in [-0.15, -0.1) is 0 Å². The first kappa shape index (κ1) is 11.7. The van der Waals surface area contributed by atoms with Crippen molar-refractivity contribution in [2.24, 2.45) is 0 Å². The summed E-state index contributed by atoms with van der Waals surface area (Å²) in [6.07, 6.45) is 2.31. The van der Waals surface area contributed by atoms with E-state index in [0.717, 1.165) is 15.2 Å². The fourth-order valence-electron chi connectivity index (χ4n) is 0.914. The number of sulfonamides is 1. The maximum atomic E-state index is 11.6. The normalized spacial score (nSPS) is 11.9. The number of nitrogens with zero attached hydrogens (tertiary/aromatic N) is 3. The van der Waals surface area contributed by atoms with Crippen LogP contribution in [-0.2, 0) is 21.4 Å². The predicted molar refractivity (Wildman–Crippen MR) is 50.7 cm³/mol. The van der Waals surface area contributed by atoms with E-state index < -0.39 is 16.0 Å². The number of hydrogen-bond acceptors (Lipinski definition) is 4. The molecule has 0 atom stereocenters. The zero-order chi connectivity index (χ0) is 11.6. The molecule has 0 unspecified atom stereocenters. The number of aromatic nitrogens is 2. The molecule has 0 saturated heterocycles. The molecule has 0 saturated carbocycles. The smallest absolute Gasteiger partial charge is 0.325 e. The molecule has 0 aliphatic heterocycles. The fourth-order valence-corrected chi connectivity index (χ4v) is 1.77. The molecule has 0 aromatic carbocycles. The third kappa shape index (κ3) is 2.54. The highest BCUT2D eigenvalue weighted by Gasteiger charge is 2.19. The number of rotatable bonds is 4. The van der Waals surface area contributed by atoms with Gasteiger partial charge in [-0.25, -0.2) is 12.7 Å². The molecule has 0 radical (unpaired) electrons. The molecule has 1 rings (SSSR count). The Morgan fingerprint density at radius 2 is 2.20 bits per heavy atom. The lowest BCUT2D eigenvalue weighted by Gasteiger charge is -2.07. The zero-order valence-corrected chi connectivity index (χ0v) is 9.10. The molecule has 0 fully saturated rings. The van der Waals surface area contributed by atoms with Crippen molar-refractivity contribution in [1.82, 2.24) is 14.1 Å². The monoisotopic (exact) mass is 233 g/mol. The van der Waals surface area contributed by atoms with E-state index in [9.17, 15) is 13.2 Å². The highest BCUT2D eigenvalue weighted by atomic mass is 32.2. The minimum absolute atomic E-state index is 0.0197. The van der Waals surface area contributed by atoms with Crippen molar-refractivity contribution in [3.63, 3.8) is 0 Å². The second-order valence-corrected chi connectivity index (χ2v) is 5.21. The van der Waals surface area contributed by atoms with Crippen LogP contribution in [0.25, 0.3) is 0 Å². The Morgan fingerprint density at radius 3 is 2.67 bits per heavy atom. The molecule has 0 amide bonds. The largest absolute Gasteiger partial charge is 0.480 e. The molecule has 84 valence electrons. The SMILES string of the molecule is CN(C)S(=O)(=O)c1cnn(CC(=O)O)c1. The second-order valence-electron chi connectivity index (χ2n) is 3.05. The van der Waals surface area contributed by atoms with Crippen molar-refractivity contribution < 1.29 is 18.3 Å². The standard InChI is InChI=1S/C7H11N3O4S/c1-9(2)15(13,14)6-3-8-10(4-6)5-7(11)12/h3-4H,5H2,1-2H3,(H,11,12). The molecule has 1 heterocycles. The molecule has 0 spiro atoms. The van der Waals surface area contributed by atoms with E-state index in [-0.39, 0.29) is 11.4 Å². The number of carbonyl (C=O) groups is 1. The zero-order valence-electron chi connectivity index (χ0n) is 8.28. The average molecular weight is 233 g/mol. The Hall–Kier alpha value is -1.41. The molecule has 0 aliphatic rings. The molecular formula is C7H11N3O4S. The molecule has 0 bridgehead atoms. The maximum Gasteiger partial charge on any atom is 0.325 e. The van der Waals surface area contributed by atoms with Gasteiger partial charge >= 0.3 is 5.97 Å². The van der Waals surface area contributed by atoms with E-state index in [1.54, 1.807) is 0 Å². The van der Waals surface area contributed by atoms with Crippen molar-refractivity contribution in [2.75, 3.05) is 14.1 Å². The third-order valence-electron chi connectivity index (χ3n) is 1.69. The van der Waals surface area contributed by atoms with Crippen LogP contribution in [0.15, 0.2) is 17.3 Å². The van der Waals surface area contributed by atoms with Gasteiger partial charge < -0.3 is 5.11 Å². The van der Waals surface area contributed by atoms with Crippen molar-refractivity contribution in [3.8, 4) is 0 Å². The van der Waals surface area contributed by atoms with Crippen LogP contribution in [-0.4, -0.2) is 47.7 Å². The Morgan fingerprint density at radius 1 is 1.60 bits per heavy atom.